The van der Waals surface area contributed by atoms with Crippen LogP contribution < -0.4 is 15.4 Å². The number of amides is 2. The first-order valence-corrected chi connectivity index (χ1v) is 8.62. The standard InChI is InChI=1S/C16H20N4O3S/c1-22-13-4-2-3-11(7-13)8-14-19-20-16(24-14)18-15(21)17-9-12-5-6-23-10-12/h2-4,7,12H,5-6,8-10H2,1H3,(H2,17,18,20,21)/t12-/m0/s1. The van der Waals surface area contributed by atoms with Crippen LogP contribution in [0.25, 0.3) is 0 Å². The summed E-state index contributed by atoms with van der Waals surface area (Å²) in [6.45, 7) is 2.10. The van der Waals surface area contributed by atoms with Gasteiger partial charge in [-0.2, -0.15) is 0 Å². The molecule has 1 fully saturated rings. The van der Waals surface area contributed by atoms with E-state index in [4.69, 9.17) is 9.47 Å². The minimum atomic E-state index is -0.258. The Kier molecular flexibility index (Phi) is 5.60. The molecule has 1 aliphatic rings. The Hall–Kier alpha value is -2.19. The molecule has 128 valence electrons. The van der Waals surface area contributed by atoms with E-state index in [0.717, 1.165) is 29.3 Å². The van der Waals surface area contributed by atoms with Gasteiger partial charge >= 0.3 is 6.03 Å². The summed E-state index contributed by atoms with van der Waals surface area (Å²) in [5.74, 6) is 1.21. The van der Waals surface area contributed by atoms with Crippen molar-refractivity contribution in [1.29, 1.82) is 0 Å². The Labute approximate surface area is 144 Å². The van der Waals surface area contributed by atoms with Gasteiger partial charge in [0.05, 0.1) is 13.7 Å². The highest BCUT2D eigenvalue weighted by molar-refractivity contribution is 7.15. The highest BCUT2D eigenvalue weighted by atomic mass is 32.1. The fourth-order valence-electron chi connectivity index (χ4n) is 2.46. The van der Waals surface area contributed by atoms with E-state index in [-0.39, 0.29) is 6.03 Å². The molecule has 0 unspecified atom stereocenters. The molecule has 2 amide bonds. The topological polar surface area (TPSA) is 85.4 Å². The van der Waals surface area contributed by atoms with Gasteiger partial charge in [0.15, 0.2) is 0 Å². The van der Waals surface area contributed by atoms with Crippen molar-refractivity contribution in [3.63, 3.8) is 0 Å². The van der Waals surface area contributed by atoms with Crippen LogP contribution in [0.15, 0.2) is 24.3 Å². The van der Waals surface area contributed by atoms with Crippen molar-refractivity contribution in [3.05, 3.63) is 34.8 Å². The van der Waals surface area contributed by atoms with Gasteiger partial charge in [0, 0.05) is 25.5 Å². The van der Waals surface area contributed by atoms with Crippen LogP contribution in [-0.2, 0) is 11.2 Å². The van der Waals surface area contributed by atoms with Gasteiger partial charge in [0.2, 0.25) is 5.13 Å². The second-order valence-corrected chi connectivity index (χ2v) is 6.66. The van der Waals surface area contributed by atoms with Crippen molar-refractivity contribution in [3.8, 4) is 5.75 Å². The van der Waals surface area contributed by atoms with Crippen LogP contribution in [0.2, 0.25) is 0 Å². The average molecular weight is 348 g/mol. The third-order valence-electron chi connectivity index (χ3n) is 3.75. The lowest BCUT2D eigenvalue weighted by atomic mass is 10.1. The number of anilines is 1. The molecule has 1 atom stereocenters. The average Bonchev–Trinajstić information content (AvgIpc) is 3.25. The molecular weight excluding hydrogens is 328 g/mol. The molecule has 2 aromatic rings. The van der Waals surface area contributed by atoms with Crippen molar-refractivity contribution >= 4 is 22.5 Å². The first kappa shape index (κ1) is 16.7. The summed E-state index contributed by atoms with van der Waals surface area (Å²) in [7, 11) is 1.64. The van der Waals surface area contributed by atoms with Gasteiger partial charge in [0.1, 0.15) is 10.8 Å². The quantitative estimate of drug-likeness (QED) is 0.837. The normalized spacial score (nSPS) is 16.8. The maximum Gasteiger partial charge on any atom is 0.321 e. The summed E-state index contributed by atoms with van der Waals surface area (Å²) in [5, 5.41) is 15.0. The summed E-state index contributed by atoms with van der Waals surface area (Å²) < 4.78 is 10.5. The second-order valence-electron chi connectivity index (χ2n) is 5.59. The fourth-order valence-corrected chi connectivity index (χ4v) is 3.22. The number of carbonyl (C=O) groups is 1. The number of hydrogen-bond donors (Lipinski definition) is 2. The minimum Gasteiger partial charge on any atom is -0.497 e. The third-order valence-corrected chi connectivity index (χ3v) is 4.59. The maximum absolute atomic E-state index is 11.9. The van der Waals surface area contributed by atoms with Crippen molar-refractivity contribution in [2.24, 2.45) is 5.92 Å². The third kappa shape index (κ3) is 4.65. The number of ether oxygens (including phenoxy) is 2. The van der Waals surface area contributed by atoms with Crippen LogP contribution in [0.5, 0.6) is 5.75 Å². The molecule has 24 heavy (non-hydrogen) atoms. The molecular formula is C16H20N4O3S. The molecule has 2 N–H and O–H groups in total. The van der Waals surface area contributed by atoms with Crippen LogP contribution >= 0.6 is 11.3 Å². The summed E-state index contributed by atoms with van der Waals surface area (Å²) in [4.78, 5) is 11.9. The molecule has 0 saturated carbocycles. The smallest absolute Gasteiger partial charge is 0.321 e. The van der Waals surface area contributed by atoms with E-state index in [2.05, 4.69) is 20.8 Å². The molecule has 0 spiro atoms. The first-order chi connectivity index (χ1) is 11.7. The van der Waals surface area contributed by atoms with E-state index in [0.29, 0.717) is 30.6 Å². The van der Waals surface area contributed by atoms with Gasteiger partial charge < -0.3 is 14.8 Å². The number of hydrogen-bond acceptors (Lipinski definition) is 6. The lowest BCUT2D eigenvalue weighted by Gasteiger charge is -2.08. The Balaban J connectivity index is 1.50. The van der Waals surface area contributed by atoms with E-state index in [1.165, 1.54) is 11.3 Å². The molecule has 7 nitrogen and oxygen atoms in total. The van der Waals surface area contributed by atoms with Gasteiger partial charge in [-0.05, 0) is 24.1 Å². The van der Waals surface area contributed by atoms with E-state index < -0.39 is 0 Å². The molecule has 0 bridgehead atoms. The Bertz CT molecular complexity index is 685. The Morgan fingerprint density at radius 1 is 1.46 bits per heavy atom. The van der Waals surface area contributed by atoms with Gasteiger partial charge in [-0.3, -0.25) is 5.32 Å². The van der Waals surface area contributed by atoms with Gasteiger partial charge in [-0.25, -0.2) is 4.79 Å². The summed E-state index contributed by atoms with van der Waals surface area (Å²) in [6.07, 6.45) is 1.64. The molecule has 2 heterocycles. The van der Waals surface area contributed by atoms with Gasteiger partial charge in [-0.1, -0.05) is 23.5 Å². The van der Waals surface area contributed by atoms with E-state index in [1.807, 2.05) is 24.3 Å². The molecule has 3 rings (SSSR count). The predicted molar refractivity (Wildman–Crippen MR) is 91.7 cm³/mol. The second kappa shape index (κ2) is 8.07. The fraction of sp³-hybridized carbons (Fsp3) is 0.438. The zero-order valence-electron chi connectivity index (χ0n) is 13.4. The number of aromatic nitrogens is 2. The molecule has 0 radical (unpaired) electrons. The highest BCUT2D eigenvalue weighted by Crippen LogP contribution is 2.21. The molecule has 1 saturated heterocycles. The van der Waals surface area contributed by atoms with Gasteiger partial charge in [0.25, 0.3) is 0 Å². The monoisotopic (exact) mass is 348 g/mol. The number of methoxy groups -OCH3 is 1. The van der Waals surface area contributed by atoms with Crippen LogP contribution in [-0.4, -0.2) is 43.1 Å². The molecule has 1 aromatic heterocycles. The van der Waals surface area contributed by atoms with Crippen molar-refractivity contribution in [2.45, 2.75) is 12.8 Å². The highest BCUT2D eigenvalue weighted by Gasteiger charge is 2.16. The first-order valence-electron chi connectivity index (χ1n) is 7.81. The molecule has 0 aliphatic carbocycles. The predicted octanol–water partition coefficient (Wildman–Crippen LogP) is 2.30. The summed E-state index contributed by atoms with van der Waals surface area (Å²) >= 11 is 1.37. The van der Waals surface area contributed by atoms with Crippen molar-refractivity contribution in [1.82, 2.24) is 15.5 Å². The lowest BCUT2D eigenvalue weighted by molar-refractivity contribution is 0.185. The number of nitrogens with zero attached hydrogens (tertiary/aromatic N) is 2. The molecule has 1 aromatic carbocycles. The zero-order chi connectivity index (χ0) is 16.8. The van der Waals surface area contributed by atoms with Crippen molar-refractivity contribution in [2.75, 3.05) is 32.2 Å². The minimum absolute atomic E-state index is 0.258. The van der Waals surface area contributed by atoms with Crippen LogP contribution in [0, 0.1) is 5.92 Å². The van der Waals surface area contributed by atoms with E-state index in [9.17, 15) is 4.79 Å². The van der Waals surface area contributed by atoms with Crippen LogP contribution in [0.1, 0.15) is 17.0 Å². The van der Waals surface area contributed by atoms with Crippen molar-refractivity contribution < 1.29 is 14.3 Å². The van der Waals surface area contributed by atoms with Crippen LogP contribution in [0.3, 0.4) is 0 Å². The number of nitrogens with one attached hydrogen (secondary N) is 2. The Morgan fingerprint density at radius 2 is 2.38 bits per heavy atom. The number of rotatable bonds is 6. The Morgan fingerprint density at radius 3 is 3.17 bits per heavy atom. The molecule has 1 aliphatic heterocycles. The number of benzene rings is 1. The lowest BCUT2D eigenvalue weighted by Crippen LogP contribution is -2.33. The largest absolute Gasteiger partial charge is 0.497 e. The van der Waals surface area contributed by atoms with Crippen LogP contribution in [0.4, 0.5) is 9.93 Å². The van der Waals surface area contributed by atoms with E-state index >= 15 is 0 Å². The van der Waals surface area contributed by atoms with Gasteiger partial charge in [-0.15, -0.1) is 10.2 Å². The SMILES string of the molecule is COc1cccc(Cc2nnc(NC(=O)NC[C@@H]3CCOC3)s2)c1. The zero-order valence-corrected chi connectivity index (χ0v) is 14.3. The maximum atomic E-state index is 11.9. The summed E-state index contributed by atoms with van der Waals surface area (Å²) in [5.41, 5.74) is 1.09. The number of urea groups is 1. The van der Waals surface area contributed by atoms with E-state index in [1.54, 1.807) is 7.11 Å². The molecule has 8 heteroatoms. The summed E-state index contributed by atoms with van der Waals surface area (Å²) in [6, 6.07) is 7.55. The number of carbonyl (C=O) groups excluding carboxylic acids is 1.